The molecule has 0 saturated carbocycles. The van der Waals surface area contributed by atoms with Crippen molar-refractivity contribution >= 4 is 16.7 Å². The molecule has 4 nitrogen and oxygen atoms in total. The van der Waals surface area contributed by atoms with Gasteiger partial charge >= 0.3 is 0 Å². The minimum atomic E-state index is 0.208. The molecule has 1 atom stereocenters. The lowest BCUT2D eigenvalue weighted by atomic mass is 9.80. The predicted octanol–water partition coefficient (Wildman–Crippen LogP) is 11.0. The van der Waals surface area contributed by atoms with Gasteiger partial charge in [0.05, 0.1) is 11.4 Å². The smallest absolute Gasteiger partial charge is 0.0965 e. The molecule has 1 unspecified atom stereocenters. The van der Waals surface area contributed by atoms with Crippen molar-refractivity contribution in [2.75, 3.05) is 6.54 Å². The van der Waals surface area contributed by atoms with Crippen molar-refractivity contribution in [1.82, 2.24) is 20.3 Å². The highest BCUT2D eigenvalue weighted by Crippen LogP contribution is 2.44. The highest BCUT2D eigenvalue weighted by Gasteiger charge is 2.27. The van der Waals surface area contributed by atoms with E-state index < -0.39 is 0 Å². The van der Waals surface area contributed by atoms with Gasteiger partial charge in [0.25, 0.3) is 0 Å². The molecule has 0 bridgehead atoms. The zero-order chi connectivity index (χ0) is 33.9. The first-order valence-corrected chi connectivity index (χ1v) is 17.3. The maximum absolute atomic E-state index is 4.82. The second-order valence-electron chi connectivity index (χ2n) is 12.8. The average molecular weight is 647 g/mol. The van der Waals surface area contributed by atoms with Crippen LogP contribution in [0.2, 0.25) is 0 Å². The Morgan fingerprint density at radius 3 is 2.24 bits per heavy atom. The fourth-order valence-corrected chi connectivity index (χ4v) is 7.24. The number of dihydropyridines is 1. The van der Waals surface area contributed by atoms with Gasteiger partial charge in [-0.05, 0) is 110 Å². The number of benzene rings is 4. The first-order chi connectivity index (χ1) is 24.7. The van der Waals surface area contributed by atoms with Crippen molar-refractivity contribution in [2.24, 2.45) is 0 Å². The van der Waals surface area contributed by atoms with Crippen molar-refractivity contribution in [2.45, 2.75) is 26.2 Å². The van der Waals surface area contributed by atoms with Crippen LogP contribution in [0.4, 0.5) is 0 Å². The zero-order valence-corrected chi connectivity index (χ0v) is 28.3. The van der Waals surface area contributed by atoms with Gasteiger partial charge in [0.2, 0.25) is 0 Å². The second kappa shape index (κ2) is 13.8. The number of nitrogens with zero attached hydrogens (tertiary/aromatic N) is 3. The van der Waals surface area contributed by atoms with E-state index in [-0.39, 0.29) is 5.92 Å². The van der Waals surface area contributed by atoms with E-state index in [4.69, 9.17) is 9.97 Å². The number of rotatable bonds is 7. The fraction of sp³-hybridized carbons (Fsp3) is 0.109. The van der Waals surface area contributed by atoms with E-state index in [1.165, 1.54) is 61.2 Å². The molecule has 2 aromatic heterocycles. The van der Waals surface area contributed by atoms with Crippen LogP contribution in [0.15, 0.2) is 158 Å². The fourth-order valence-electron chi connectivity index (χ4n) is 7.24. The van der Waals surface area contributed by atoms with Gasteiger partial charge in [-0.2, -0.15) is 0 Å². The van der Waals surface area contributed by atoms with Gasteiger partial charge in [0.15, 0.2) is 0 Å². The van der Waals surface area contributed by atoms with E-state index in [2.05, 4.69) is 146 Å². The molecule has 242 valence electrons. The summed E-state index contributed by atoms with van der Waals surface area (Å²) < 4.78 is 0. The number of hydrogen-bond acceptors (Lipinski definition) is 4. The van der Waals surface area contributed by atoms with E-state index >= 15 is 0 Å². The van der Waals surface area contributed by atoms with Crippen LogP contribution in [-0.2, 0) is 0 Å². The molecule has 0 saturated heterocycles. The van der Waals surface area contributed by atoms with Crippen LogP contribution in [0.3, 0.4) is 0 Å². The monoisotopic (exact) mass is 646 g/mol. The first kappa shape index (κ1) is 31.2. The third kappa shape index (κ3) is 6.01. The van der Waals surface area contributed by atoms with Crippen molar-refractivity contribution in [3.8, 4) is 44.6 Å². The van der Waals surface area contributed by atoms with Crippen LogP contribution in [-0.4, -0.2) is 21.5 Å². The van der Waals surface area contributed by atoms with Crippen molar-refractivity contribution < 1.29 is 0 Å². The summed E-state index contributed by atoms with van der Waals surface area (Å²) in [6, 6.07) is 37.3. The van der Waals surface area contributed by atoms with Gasteiger partial charge in [-0.3, -0.25) is 15.0 Å². The van der Waals surface area contributed by atoms with Gasteiger partial charge in [-0.1, -0.05) is 105 Å². The van der Waals surface area contributed by atoms with Gasteiger partial charge in [-0.15, -0.1) is 0 Å². The van der Waals surface area contributed by atoms with E-state index in [0.29, 0.717) is 0 Å². The van der Waals surface area contributed by atoms with Crippen LogP contribution < -0.4 is 5.32 Å². The van der Waals surface area contributed by atoms with E-state index in [0.717, 1.165) is 35.5 Å². The lowest BCUT2D eigenvalue weighted by molar-refractivity contribution is 0.950. The first-order valence-electron chi connectivity index (χ1n) is 17.3. The Hall–Kier alpha value is -6.13. The van der Waals surface area contributed by atoms with Crippen LogP contribution in [0.5, 0.6) is 0 Å². The number of pyridine rings is 1. The Labute approximate surface area is 294 Å². The normalized spacial score (nSPS) is 16.0. The molecule has 0 spiro atoms. The molecule has 0 radical (unpaired) electrons. The Morgan fingerprint density at radius 1 is 0.720 bits per heavy atom. The number of hydrogen-bond donors (Lipinski definition) is 1. The number of nitrogens with one attached hydrogen (secondary N) is 1. The van der Waals surface area contributed by atoms with Crippen LogP contribution in [0.1, 0.15) is 48.6 Å². The Balaban J connectivity index is 1.20. The Kier molecular flexibility index (Phi) is 8.58. The summed E-state index contributed by atoms with van der Waals surface area (Å²) in [6.07, 6.45) is 19.1. The number of allylic oxidation sites excluding steroid dienone is 6. The summed E-state index contributed by atoms with van der Waals surface area (Å²) in [5, 5.41) is 3.37. The molecule has 0 fully saturated rings. The van der Waals surface area contributed by atoms with E-state index in [1.54, 1.807) is 12.4 Å². The molecule has 4 heteroatoms. The Morgan fingerprint density at radius 2 is 1.44 bits per heavy atom. The zero-order valence-electron chi connectivity index (χ0n) is 28.3. The predicted molar refractivity (Wildman–Crippen MR) is 208 cm³/mol. The minimum Gasteiger partial charge on any atom is -0.387 e. The van der Waals surface area contributed by atoms with Crippen molar-refractivity contribution in [3.05, 3.63) is 181 Å². The molecule has 8 rings (SSSR count). The van der Waals surface area contributed by atoms with Gasteiger partial charge in [0.1, 0.15) is 0 Å². The van der Waals surface area contributed by atoms with E-state index in [9.17, 15) is 0 Å². The third-order valence-corrected chi connectivity index (χ3v) is 9.85. The van der Waals surface area contributed by atoms with Crippen LogP contribution in [0.25, 0.3) is 61.4 Å². The quantitative estimate of drug-likeness (QED) is 0.188. The summed E-state index contributed by atoms with van der Waals surface area (Å²) >= 11 is 0. The van der Waals surface area contributed by atoms with Gasteiger partial charge < -0.3 is 5.32 Å². The summed E-state index contributed by atoms with van der Waals surface area (Å²) in [6.45, 7) is 5.31. The molecule has 4 aromatic carbocycles. The summed E-state index contributed by atoms with van der Waals surface area (Å²) in [5.41, 5.74) is 17.6. The maximum Gasteiger partial charge on any atom is 0.0965 e. The summed E-state index contributed by atoms with van der Waals surface area (Å²) in [7, 11) is 0. The highest BCUT2D eigenvalue weighted by molar-refractivity contribution is 5.90. The molecule has 2 aliphatic rings. The average Bonchev–Trinajstić information content (AvgIpc) is 3.20. The largest absolute Gasteiger partial charge is 0.387 e. The molecule has 1 aliphatic carbocycles. The van der Waals surface area contributed by atoms with Crippen molar-refractivity contribution in [1.29, 1.82) is 0 Å². The van der Waals surface area contributed by atoms with Gasteiger partial charge in [-0.25, -0.2) is 0 Å². The molecule has 50 heavy (non-hydrogen) atoms. The third-order valence-electron chi connectivity index (χ3n) is 9.85. The summed E-state index contributed by atoms with van der Waals surface area (Å²) in [5.74, 6) is 0.208. The number of fused-ring (bicyclic) bond motifs is 3. The molecule has 0 amide bonds. The molecule has 1 aliphatic heterocycles. The lowest BCUT2D eigenvalue weighted by Crippen LogP contribution is -2.11. The molecular formula is C46H38N4. The molecule has 3 heterocycles. The highest BCUT2D eigenvalue weighted by atomic mass is 14.8. The van der Waals surface area contributed by atoms with Gasteiger partial charge in [0, 0.05) is 48.4 Å². The standard InChI is InChI=1S/C46H38N4/c1-3-32(19-20-41-31(2)40-15-4-7-18-44(40)46-45(41)49-23-24-50-46)42-16-5-6-17-43(42)34-12-8-11-33(25-34)37-26-38(35-13-9-21-47-29-35)28-39(27-37)36-14-10-22-48-30-36/h4-29,31,48H,3,30H2,1-2H3/b32-19+,41-20+. The number of aromatic nitrogens is 3. The summed E-state index contributed by atoms with van der Waals surface area (Å²) in [4.78, 5) is 14.0. The molecular weight excluding hydrogens is 609 g/mol. The SMILES string of the molecule is CC/C(=C\C=C1\c2nccnc2-c2ccccc2C1C)c1ccccc1-c1cccc(-c2cc(C3=CC=CNC3)cc(-c3cccnc3)c2)c1. The topological polar surface area (TPSA) is 50.7 Å². The minimum absolute atomic E-state index is 0.208. The lowest BCUT2D eigenvalue weighted by Gasteiger charge is -2.26. The molecule has 1 N–H and O–H groups in total. The molecule has 6 aromatic rings. The second-order valence-corrected chi connectivity index (χ2v) is 12.8. The van der Waals surface area contributed by atoms with Crippen molar-refractivity contribution in [3.63, 3.8) is 0 Å². The van der Waals surface area contributed by atoms with Crippen LogP contribution >= 0.6 is 0 Å². The van der Waals surface area contributed by atoms with E-state index in [1.807, 2.05) is 24.7 Å². The maximum atomic E-state index is 4.82. The van der Waals surface area contributed by atoms with Crippen LogP contribution in [0, 0.1) is 0 Å². The Bertz CT molecular complexity index is 2330.